The van der Waals surface area contributed by atoms with Crippen molar-refractivity contribution in [3.63, 3.8) is 0 Å². The van der Waals surface area contributed by atoms with Crippen molar-refractivity contribution in [2.75, 3.05) is 4.90 Å². The van der Waals surface area contributed by atoms with Gasteiger partial charge >= 0.3 is 6.03 Å². The van der Waals surface area contributed by atoms with Gasteiger partial charge in [-0.1, -0.05) is 24.6 Å². The lowest BCUT2D eigenvalue weighted by molar-refractivity contribution is -0.123. The van der Waals surface area contributed by atoms with Crippen LogP contribution in [0.5, 0.6) is 0 Å². The summed E-state index contributed by atoms with van der Waals surface area (Å²) in [5.74, 6) is 0.553. The quantitative estimate of drug-likeness (QED) is 0.799. The Hall–Kier alpha value is -1.84. The highest BCUT2D eigenvalue weighted by Gasteiger charge is 2.52. The fourth-order valence-corrected chi connectivity index (χ4v) is 3.14. The minimum absolute atomic E-state index is 0.0850. The van der Waals surface area contributed by atoms with Crippen LogP contribution in [0.15, 0.2) is 24.3 Å². The van der Waals surface area contributed by atoms with Crippen LogP contribution in [0.3, 0.4) is 0 Å². The van der Waals surface area contributed by atoms with Crippen molar-refractivity contribution in [1.29, 1.82) is 0 Å². The Balaban J connectivity index is 1.89. The van der Waals surface area contributed by atoms with Crippen LogP contribution in [0.25, 0.3) is 0 Å². The molecule has 0 aromatic heterocycles. The molecule has 0 atom stereocenters. The summed E-state index contributed by atoms with van der Waals surface area (Å²) < 4.78 is 0. The van der Waals surface area contributed by atoms with Crippen LogP contribution in [-0.4, -0.2) is 17.5 Å². The van der Waals surface area contributed by atoms with Crippen LogP contribution in [0, 0.1) is 12.8 Å². The zero-order valence-electron chi connectivity index (χ0n) is 12.0. The summed E-state index contributed by atoms with van der Waals surface area (Å²) in [6.07, 6.45) is 3.49. The largest absolute Gasteiger partial charge is 0.329 e. The molecule has 1 aromatic rings. The standard InChI is InChI=1S/C16H20N2O2/c1-11-3-5-13(6-4-11)18-14(19)16(17-15(18)20)9-7-12(2)8-10-16/h3-6,12H,7-10H2,1-2H3,(H,17,20). The van der Waals surface area contributed by atoms with Crippen LogP contribution >= 0.6 is 0 Å². The molecule has 0 radical (unpaired) electrons. The Kier molecular flexibility index (Phi) is 3.04. The zero-order chi connectivity index (χ0) is 14.3. The maximum Gasteiger partial charge on any atom is 0.329 e. The van der Waals surface area contributed by atoms with Crippen LogP contribution in [0.2, 0.25) is 0 Å². The lowest BCUT2D eigenvalue weighted by Gasteiger charge is -2.33. The molecular weight excluding hydrogens is 252 g/mol. The zero-order valence-corrected chi connectivity index (χ0v) is 12.0. The number of nitrogens with one attached hydrogen (secondary N) is 1. The Morgan fingerprint density at radius 3 is 2.35 bits per heavy atom. The number of rotatable bonds is 1. The first-order valence-electron chi connectivity index (χ1n) is 7.25. The summed E-state index contributed by atoms with van der Waals surface area (Å²) in [5, 5.41) is 2.94. The average Bonchev–Trinajstić information content (AvgIpc) is 2.67. The van der Waals surface area contributed by atoms with E-state index in [-0.39, 0.29) is 11.9 Å². The third-order valence-corrected chi connectivity index (χ3v) is 4.58. The number of hydrogen-bond acceptors (Lipinski definition) is 2. The molecule has 20 heavy (non-hydrogen) atoms. The molecule has 1 heterocycles. The molecule has 3 amide bonds. The lowest BCUT2D eigenvalue weighted by atomic mass is 9.77. The normalized spacial score (nSPS) is 29.9. The number of aryl methyl sites for hydroxylation is 1. The number of benzene rings is 1. The minimum atomic E-state index is -0.658. The predicted molar refractivity (Wildman–Crippen MR) is 77.6 cm³/mol. The second-order valence-corrected chi connectivity index (χ2v) is 6.17. The molecule has 1 saturated carbocycles. The predicted octanol–water partition coefficient (Wildman–Crippen LogP) is 3.00. The third-order valence-electron chi connectivity index (χ3n) is 4.58. The molecule has 1 N–H and O–H groups in total. The van der Waals surface area contributed by atoms with Gasteiger partial charge in [-0.05, 0) is 50.7 Å². The summed E-state index contributed by atoms with van der Waals surface area (Å²) >= 11 is 0. The number of carbonyl (C=O) groups excluding carboxylic acids is 2. The SMILES string of the molecule is Cc1ccc(N2C(=O)NC3(CCC(C)CC3)C2=O)cc1. The molecular formula is C16H20N2O2. The summed E-state index contributed by atoms with van der Waals surface area (Å²) in [5.41, 5.74) is 1.12. The topological polar surface area (TPSA) is 49.4 Å². The molecule has 1 saturated heterocycles. The van der Waals surface area contributed by atoms with E-state index in [2.05, 4.69) is 12.2 Å². The van der Waals surface area contributed by atoms with Crippen molar-refractivity contribution >= 4 is 17.6 Å². The first-order chi connectivity index (χ1) is 9.52. The van der Waals surface area contributed by atoms with Gasteiger partial charge in [0.1, 0.15) is 5.54 Å². The van der Waals surface area contributed by atoms with Crippen molar-refractivity contribution in [3.8, 4) is 0 Å². The van der Waals surface area contributed by atoms with E-state index in [1.165, 1.54) is 4.90 Å². The van der Waals surface area contributed by atoms with Crippen molar-refractivity contribution in [3.05, 3.63) is 29.8 Å². The Labute approximate surface area is 119 Å². The van der Waals surface area contributed by atoms with E-state index < -0.39 is 5.54 Å². The number of imide groups is 1. The van der Waals surface area contributed by atoms with Gasteiger partial charge in [-0.15, -0.1) is 0 Å². The lowest BCUT2D eigenvalue weighted by Crippen LogP contribution is -2.49. The van der Waals surface area contributed by atoms with Gasteiger partial charge in [-0.2, -0.15) is 0 Å². The highest BCUT2D eigenvalue weighted by molar-refractivity contribution is 6.23. The number of urea groups is 1. The van der Waals surface area contributed by atoms with Crippen LogP contribution in [-0.2, 0) is 4.79 Å². The van der Waals surface area contributed by atoms with E-state index in [0.29, 0.717) is 11.6 Å². The summed E-state index contributed by atoms with van der Waals surface area (Å²) in [7, 11) is 0. The van der Waals surface area contributed by atoms with Gasteiger partial charge in [0.2, 0.25) is 0 Å². The first kappa shape index (κ1) is 13.2. The number of hydrogen-bond donors (Lipinski definition) is 1. The molecule has 4 nitrogen and oxygen atoms in total. The molecule has 0 bridgehead atoms. The van der Waals surface area contributed by atoms with Gasteiger partial charge in [-0.3, -0.25) is 4.79 Å². The van der Waals surface area contributed by atoms with E-state index >= 15 is 0 Å². The van der Waals surface area contributed by atoms with Crippen molar-refractivity contribution in [1.82, 2.24) is 5.32 Å². The van der Waals surface area contributed by atoms with Gasteiger partial charge in [0.15, 0.2) is 0 Å². The molecule has 2 aliphatic rings. The van der Waals surface area contributed by atoms with E-state index in [1.54, 1.807) is 0 Å². The summed E-state index contributed by atoms with van der Waals surface area (Å²) in [6, 6.07) is 7.22. The van der Waals surface area contributed by atoms with Crippen LogP contribution in [0.4, 0.5) is 10.5 Å². The van der Waals surface area contributed by atoms with E-state index in [1.807, 2.05) is 31.2 Å². The molecule has 2 fully saturated rings. The second-order valence-electron chi connectivity index (χ2n) is 6.17. The molecule has 1 aliphatic carbocycles. The molecule has 4 heteroatoms. The van der Waals surface area contributed by atoms with E-state index in [0.717, 1.165) is 31.2 Å². The average molecular weight is 272 g/mol. The van der Waals surface area contributed by atoms with Gasteiger partial charge in [0.05, 0.1) is 5.69 Å². The van der Waals surface area contributed by atoms with Gasteiger partial charge in [0, 0.05) is 0 Å². The molecule has 106 valence electrons. The number of carbonyl (C=O) groups is 2. The van der Waals surface area contributed by atoms with E-state index in [9.17, 15) is 9.59 Å². The number of amides is 3. The maximum absolute atomic E-state index is 12.7. The van der Waals surface area contributed by atoms with E-state index in [4.69, 9.17) is 0 Å². The first-order valence-corrected chi connectivity index (χ1v) is 7.25. The third kappa shape index (κ3) is 1.99. The minimum Gasteiger partial charge on any atom is -0.323 e. The molecule has 3 rings (SSSR count). The second kappa shape index (κ2) is 4.62. The Morgan fingerprint density at radius 2 is 1.75 bits per heavy atom. The Bertz CT molecular complexity index is 542. The highest BCUT2D eigenvalue weighted by Crippen LogP contribution is 2.37. The number of anilines is 1. The molecule has 1 spiro atoms. The monoisotopic (exact) mass is 272 g/mol. The smallest absolute Gasteiger partial charge is 0.323 e. The number of nitrogens with zero attached hydrogens (tertiary/aromatic N) is 1. The van der Waals surface area contributed by atoms with Gasteiger partial charge in [-0.25, -0.2) is 9.69 Å². The summed E-state index contributed by atoms with van der Waals surface area (Å²) in [4.78, 5) is 26.2. The molecule has 1 aromatic carbocycles. The van der Waals surface area contributed by atoms with Crippen molar-refractivity contribution in [2.45, 2.75) is 45.1 Å². The van der Waals surface area contributed by atoms with Crippen molar-refractivity contribution < 1.29 is 9.59 Å². The Morgan fingerprint density at radius 1 is 1.15 bits per heavy atom. The van der Waals surface area contributed by atoms with Crippen LogP contribution < -0.4 is 10.2 Å². The van der Waals surface area contributed by atoms with Gasteiger partial charge in [0.25, 0.3) is 5.91 Å². The fourth-order valence-electron chi connectivity index (χ4n) is 3.14. The summed E-state index contributed by atoms with van der Waals surface area (Å²) in [6.45, 7) is 4.19. The fraction of sp³-hybridized carbons (Fsp3) is 0.500. The highest BCUT2D eigenvalue weighted by atomic mass is 16.2. The molecule has 1 aliphatic heterocycles. The van der Waals surface area contributed by atoms with Crippen molar-refractivity contribution in [2.24, 2.45) is 5.92 Å². The maximum atomic E-state index is 12.7. The molecule has 0 unspecified atom stereocenters. The van der Waals surface area contributed by atoms with Crippen LogP contribution in [0.1, 0.15) is 38.2 Å². The van der Waals surface area contributed by atoms with Gasteiger partial charge < -0.3 is 5.32 Å².